The molecule has 0 saturated carbocycles. The summed E-state index contributed by atoms with van der Waals surface area (Å²) < 4.78 is 11.2. The van der Waals surface area contributed by atoms with E-state index in [4.69, 9.17) is 5.11 Å². The Balaban J connectivity index is 2.81. The van der Waals surface area contributed by atoms with Crippen LogP contribution in [0.1, 0.15) is 17.3 Å². The Labute approximate surface area is 111 Å². The van der Waals surface area contributed by atoms with Gasteiger partial charge in [0.25, 0.3) is 0 Å². The maximum absolute atomic E-state index is 11.2. The summed E-state index contributed by atoms with van der Waals surface area (Å²) in [6, 6.07) is 1.09. The maximum atomic E-state index is 11.2. The Kier molecular flexibility index (Phi) is 5.37. The number of carboxylic acids is 1. The Morgan fingerprint density at radius 1 is 1.63 bits per heavy atom. The lowest BCUT2D eigenvalue weighted by atomic mass is 10.2. The minimum Gasteiger partial charge on any atom is -0.477 e. The summed E-state index contributed by atoms with van der Waals surface area (Å²) in [5, 5.41) is 22.3. The van der Waals surface area contributed by atoms with Crippen molar-refractivity contribution in [3.63, 3.8) is 0 Å². The number of anilines is 1. The molecule has 1 aromatic rings. The summed E-state index contributed by atoms with van der Waals surface area (Å²) in [5.41, 5.74) is -0.991. The summed E-state index contributed by atoms with van der Waals surface area (Å²) in [7, 11) is -0.941. The van der Waals surface area contributed by atoms with Crippen LogP contribution in [0, 0.1) is 10.1 Å². The summed E-state index contributed by atoms with van der Waals surface area (Å²) in [4.78, 5) is 24.5. The van der Waals surface area contributed by atoms with Crippen molar-refractivity contribution >= 4 is 28.3 Å². The van der Waals surface area contributed by atoms with Crippen molar-refractivity contribution in [2.45, 2.75) is 6.92 Å². The molecule has 104 valence electrons. The van der Waals surface area contributed by atoms with E-state index in [1.54, 1.807) is 6.92 Å². The van der Waals surface area contributed by atoms with Gasteiger partial charge in [-0.3, -0.25) is 14.3 Å². The lowest BCUT2D eigenvalue weighted by Gasteiger charge is -2.06. The zero-order valence-corrected chi connectivity index (χ0v) is 11.0. The van der Waals surface area contributed by atoms with Crippen LogP contribution in [-0.4, -0.2) is 43.2 Å². The number of nitrogens with one attached hydrogen (secondary N) is 1. The third-order valence-corrected chi connectivity index (χ3v) is 3.57. The SMILES string of the molecule is CCS(=O)CCNc1cc(C(=O)O)c([N+](=O)[O-])cn1. The monoisotopic (exact) mass is 287 g/mol. The molecule has 0 saturated heterocycles. The molecule has 0 amide bonds. The third-order valence-electron chi connectivity index (χ3n) is 2.27. The normalized spacial score (nSPS) is 11.8. The fourth-order valence-electron chi connectivity index (χ4n) is 1.30. The minimum absolute atomic E-state index is 0.205. The molecular formula is C10H13N3O5S. The van der Waals surface area contributed by atoms with Crippen LogP contribution in [-0.2, 0) is 10.8 Å². The molecule has 1 atom stereocenters. The van der Waals surface area contributed by atoms with E-state index in [0.29, 0.717) is 18.1 Å². The molecule has 2 N–H and O–H groups in total. The Morgan fingerprint density at radius 2 is 2.32 bits per heavy atom. The van der Waals surface area contributed by atoms with Crippen LogP contribution in [0.25, 0.3) is 0 Å². The zero-order chi connectivity index (χ0) is 14.4. The highest BCUT2D eigenvalue weighted by Crippen LogP contribution is 2.19. The number of hydrogen-bond acceptors (Lipinski definition) is 6. The predicted molar refractivity (Wildman–Crippen MR) is 69.9 cm³/mol. The molecule has 19 heavy (non-hydrogen) atoms. The molecule has 1 rings (SSSR count). The molecule has 0 aromatic carbocycles. The second-order valence-electron chi connectivity index (χ2n) is 3.51. The Hall–Kier alpha value is -2.03. The number of hydrogen-bond donors (Lipinski definition) is 2. The Morgan fingerprint density at radius 3 is 2.84 bits per heavy atom. The molecule has 0 aliphatic rings. The van der Waals surface area contributed by atoms with Crippen molar-refractivity contribution in [2.75, 3.05) is 23.4 Å². The van der Waals surface area contributed by atoms with Gasteiger partial charge in [-0.2, -0.15) is 0 Å². The molecule has 1 unspecified atom stereocenters. The average molecular weight is 287 g/mol. The van der Waals surface area contributed by atoms with Gasteiger partial charge in [0.1, 0.15) is 17.6 Å². The smallest absolute Gasteiger partial charge is 0.342 e. The van der Waals surface area contributed by atoms with Gasteiger partial charge >= 0.3 is 11.7 Å². The highest BCUT2D eigenvalue weighted by Gasteiger charge is 2.20. The van der Waals surface area contributed by atoms with Crippen molar-refractivity contribution in [3.05, 3.63) is 27.9 Å². The van der Waals surface area contributed by atoms with Crippen LogP contribution in [0.15, 0.2) is 12.3 Å². The van der Waals surface area contributed by atoms with Gasteiger partial charge in [-0.25, -0.2) is 9.78 Å². The first-order chi connectivity index (χ1) is 8.95. The number of nitro groups is 1. The average Bonchev–Trinajstić information content (AvgIpc) is 2.38. The number of carboxylic acid groups (broad SMARTS) is 1. The van der Waals surface area contributed by atoms with Gasteiger partial charge in [0, 0.05) is 34.9 Å². The lowest BCUT2D eigenvalue weighted by Crippen LogP contribution is -2.13. The molecule has 9 heteroatoms. The van der Waals surface area contributed by atoms with E-state index in [9.17, 15) is 19.1 Å². The molecule has 0 spiro atoms. The first-order valence-corrected chi connectivity index (χ1v) is 6.91. The predicted octanol–water partition coefficient (Wildman–Crippen LogP) is 0.868. The van der Waals surface area contributed by atoms with Crippen LogP contribution < -0.4 is 5.32 Å². The largest absolute Gasteiger partial charge is 0.477 e. The zero-order valence-electron chi connectivity index (χ0n) is 10.2. The van der Waals surface area contributed by atoms with E-state index in [-0.39, 0.29) is 5.82 Å². The number of aromatic nitrogens is 1. The lowest BCUT2D eigenvalue weighted by molar-refractivity contribution is -0.385. The fourth-order valence-corrected chi connectivity index (χ4v) is 1.92. The van der Waals surface area contributed by atoms with Gasteiger partial charge < -0.3 is 10.4 Å². The number of carbonyl (C=O) groups is 1. The van der Waals surface area contributed by atoms with Gasteiger partial charge in [0.2, 0.25) is 0 Å². The van der Waals surface area contributed by atoms with Crippen molar-refractivity contribution < 1.29 is 19.0 Å². The molecule has 0 radical (unpaired) electrons. The summed E-state index contributed by atoms with van der Waals surface area (Å²) in [5.74, 6) is -0.252. The second-order valence-corrected chi connectivity index (χ2v) is 5.37. The Bertz CT molecular complexity index is 520. The number of pyridine rings is 1. The molecule has 1 heterocycles. The summed E-state index contributed by atoms with van der Waals surface area (Å²) in [6.07, 6.45) is 0.891. The second kappa shape index (κ2) is 6.78. The van der Waals surface area contributed by atoms with Gasteiger partial charge in [0.05, 0.1) is 4.92 Å². The van der Waals surface area contributed by atoms with Crippen molar-refractivity contribution in [1.82, 2.24) is 4.98 Å². The van der Waals surface area contributed by atoms with Gasteiger partial charge in [0.15, 0.2) is 0 Å². The molecule has 8 nitrogen and oxygen atoms in total. The van der Waals surface area contributed by atoms with E-state index < -0.39 is 32.9 Å². The summed E-state index contributed by atoms with van der Waals surface area (Å²) in [6.45, 7) is 2.15. The maximum Gasteiger partial charge on any atom is 0.342 e. The van der Waals surface area contributed by atoms with Gasteiger partial charge in [-0.1, -0.05) is 6.92 Å². The van der Waals surface area contributed by atoms with Crippen LogP contribution in [0.3, 0.4) is 0 Å². The van der Waals surface area contributed by atoms with Gasteiger partial charge in [-0.05, 0) is 0 Å². The minimum atomic E-state index is -1.39. The molecule has 0 aliphatic heterocycles. The summed E-state index contributed by atoms with van der Waals surface area (Å²) >= 11 is 0. The highest BCUT2D eigenvalue weighted by atomic mass is 32.2. The van der Waals surface area contributed by atoms with E-state index in [0.717, 1.165) is 12.3 Å². The first kappa shape index (κ1) is 15.0. The van der Waals surface area contributed by atoms with E-state index in [1.807, 2.05) is 0 Å². The fraction of sp³-hybridized carbons (Fsp3) is 0.400. The van der Waals surface area contributed by atoms with Crippen LogP contribution in [0.4, 0.5) is 11.5 Å². The standard InChI is InChI=1S/C10H13N3O5S/c1-2-19(18)4-3-11-9-5-7(10(14)15)8(6-12-9)13(16)17/h5-6H,2-4H2,1H3,(H,11,12)(H,14,15). The number of aromatic carboxylic acids is 1. The first-order valence-electron chi connectivity index (χ1n) is 5.42. The topological polar surface area (TPSA) is 122 Å². The van der Waals surface area contributed by atoms with E-state index >= 15 is 0 Å². The molecule has 0 bridgehead atoms. The van der Waals surface area contributed by atoms with Crippen molar-refractivity contribution in [3.8, 4) is 0 Å². The van der Waals surface area contributed by atoms with Crippen molar-refractivity contribution in [2.24, 2.45) is 0 Å². The molecular weight excluding hydrogens is 274 g/mol. The molecule has 0 aliphatic carbocycles. The van der Waals surface area contributed by atoms with E-state index in [1.165, 1.54) is 0 Å². The van der Waals surface area contributed by atoms with Crippen LogP contribution >= 0.6 is 0 Å². The highest BCUT2D eigenvalue weighted by molar-refractivity contribution is 7.84. The quantitative estimate of drug-likeness (QED) is 0.563. The number of rotatable bonds is 7. The van der Waals surface area contributed by atoms with Gasteiger partial charge in [-0.15, -0.1) is 0 Å². The third kappa shape index (κ3) is 4.28. The van der Waals surface area contributed by atoms with Crippen LogP contribution in [0.2, 0.25) is 0 Å². The van der Waals surface area contributed by atoms with Crippen LogP contribution in [0.5, 0.6) is 0 Å². The molecule has 1 aromatic heterocycles. The van der Waals surface area contributed by atoms with Crippen molar-refractivity contribution in [1.29, 1.82) is 0 Å². The molecule has 0 fully saturated rings. The van der Waals surface area contributed by atoms with E-state index in [2.05, 4.69) is 10.3 Å². The number of nitrogens with zero attached hydrogens (tertiary/aromatic N) is 2.